The van der Waals surface area contributed by atoms with Gasteiger partial charge in [0, 0.05) is 12.6 Å². The summed E-state index contributed by atoms with van der Waals surface area (Å²) in [6, 6.07) is 7.61. The van der Waals surface area contributed by atoms with Gasteiger partial charge in [-0.05, 0) is 54.2 Å². The predicted octanol–water partition coefficient (Wildman–Crippen LogP) is 4.19. The highest BCUT2D eigenvalue weighted by Gasteiger charge is 2.29. The van der Waals surface area contributed by atoms with E-state index in [1.807, 2.05) is 0 Å². The van der Waals surface area contributed by atoms with Crippen molar-refractivity contribution in [1.82, 2.24) is 5.32 Å². The van der Waals surface area contributed by atoms with Crippen LogP contribution in [-0.2, 0) is 6.42 Å². The molecular weight excluding hydrogens is 218 g/mol. The molecular formula is C17H25N. The Morgan fingerprint density at radius 3 is 3.00 bits per heavy atom. The Labute approximate surface area is 111 Å². The minimum absolute atomic E-state index is 0.592. The van der Waals surface area contributed by atoms with Gasteiger partial charge in [0.15, 0.2) is 0 Å². The van der Waals surface area contributed by atoms with Crippen LogP contribution in [0.25, 0.3) is 0 Å². The normalized spacial score (nSPS) is 26.8. The molecule has 0 radical (unpaired) electrons. The fourth-order valence-corrected chi connectivity index (χ4v) is 3.78. The number of hydrogen-bond donors (Lipinski definition) is 1. The third-order valence-electron chi connectivity index (χ3n) is 4.58. The molecule has 1 heteroatoms. The van der Waals surface area contributed by atoms with Crippen molar-refractivity contribution in [3.8, 4) is 0 Å². The quantitative estimate of drug-likeness (QED) is 0.821. The number of aryl methyl sites for hydroxylation is 1. The second-order valence-corrected chi connectivity index (χ2v) is 6.45. The third-order valence-corrected chi connectivity index (χ3v) is 4.58. The summed E-state index contributed by atoms with van der Waals surface area (Å²) >= 11 is 0. The molecule has 1 aliphatic carbocycles. The maximum atomic E-state index is 3.80. The minimum atomic E-state index is 0.592. The summed E-state index contributed by atoms with van der Waals surface area (Å²) in [6.45, 7) is 5.85. The van der Waals surface area contributed by atoms with Gasteiger partial charge in [-0.25, -0.2) is 0 Å². The second-order valence-electron chi connectivity index (χ2n) is 6.45. The van der Waals surface area contributed by atoms with Crippen LogP contribution in [0.5, 0.6) is 0 Å². The lowest BCUT2D eigenvalue weighted by atomic mass is 9.80. The highest BCUT2D eigenvalue weighted by Crippen LogP contribution is 2.40. The molecule has 1 aromatic rings. The van der Waals surface area contributed by atoms with E-state index in [-0.39, 0.29) is 0 Å². The van der Waals surface area contributed by atoms with Gasteiger partial charge in [-0.2, -0.15) is 0 Å². The molecule has 1 N–H and O–H groups in total. The lowest BCUT2D eigenvalue weighted by Crippen LogP contribution is -2.34. The predicted molar refractivity (Wildman–Crippen MR) is 76.9 cm³/mol. The molecule has 18 heavy (non-hydrogen) atoms. The molecule has 2 unspecified atom stereocenters. The monoisotopic (exact) mass is 243 g/mol. The Morgan fingerprint density at radius 1 is 1.28 bits per heavy atom. The van der Waals surface area contributed by atoms with E-state index in [9.17, 15) is 0 Å². The first-order valence-corrected chi connectivity index (χ1v) is 7.60. The average Bonchev–Trinajstić information content (AvgIpc) is 2.56. The largest absolute Gasteiger partial charge is 0.309 e. The molecule has 2 aliphatic rings. The van der Waals surface area contributed by atoms with Crippen molar-refractivity contribution in [3.05, 3.63) is 34.9 Å². The fraction of sp³-hybridized carbons (Fsp3) is 0.647. The van der Waals surface area contributed by atoms with Crippen LogP contribution in [0, 0.1) is 5.92 Å². The molecule has 0 saturated heterocycles. The van der Waals surface area contributed by atoms with Crippen molar-refractivity contribution in [3.63, 3.8) is 0 Å². The van der Waals surface area contributed by atoms with E-state index in [4.69, 9.17) is 0 Å². The molecule has 1 aromatic carbocycles. The van der Waals surface area contributed by atoms with Crippen molar-refractivity contribution in [2.45, 2.75) is 57.9 Å². The zero-order valence-corrected chi connectivity index (χ0v) is 11.7. The highest BCUT2D eigenvalue weighted by molar-refractivity contribution is 5.42. The number of nitrogens with one attached hydrogen (secondary N) is 1. The smallest absolute Gasteiger partial charge is 0.0325 e. The van der Waals surface area contributed by atoms with Crippen LogP contribution in [0.2, 0.25) is 0 Å². The average molecular weight is 243 g/mol. The molecule has 0 spiro atoms. The van der Waals surface area contributed by atoms with Crippen LogP contribution < -0.4 is 5.32 Å². The van der Waals surface area contributed by atoms with E-state index in [2.05, 4.69) is 37.4 Å². The summed E-state index contributed by atoms with van der Waals surface area (Å²) < 4.78 is 0. The van der Waals surface area contributed by atoms with Crippen LogP contribution in [-0.4, -0.2) is 6.54 Å². The Balaban J connectivity index is 2.00. The number of benzene rings is 1. The lowest BCUT2D eigenvalue weighted by Gasteiger charge is -2.34. The molecule has 3 rings (SSSR count). The molecule has 1 heterocycles. The van der Waals surface area contributed by atoms with Crippen LogP contribution in [0.4, 0.5) is 0 Å². The zero-order valence-electron chi connectivity index (χ0n) is 11.7. The van der Waals surface area contributed by atoms with Crippen LogP contribution in [0.15, 0.2) is 18.2 Å². The SMILES string of the molecule is CC(C)CC1NCC2CCCCc3cccc1c32. The summed E-state index contributed by atoms with van der Waals surface area (Å²) in [5.74, 6) is 1.54. The van der Waals surface area contributed by atoms with E-state index < -0.39 is 0 Å². The van der Waals surface area contributed by atoms with Crippen LogP contribution in [0.1, 0.15) is 68.2 Å². The summed E-state index contributed by atoms with van der Waals surface area (Å²) in [5, 5.41) is 3.80. The standard InChI is InChI=1S/C17H25N/c1-12(2)10-16-15-9-5-8-13-6-3-4-7-14(11-18-16)17(13)15/h5,8-9,12,14,16,18H,3-4,6-7,10-11H2,1-2H3. The van der Waals surface area contributed by atoms with Gasteiger partial charge < -0.3 is 5.32 Å². The van der Waals surface area contributed by atoms with E-state index in [1.165, 1.54) is 38.6 Å². The fourth-order valence-electron chi connectivity index (χ4n) is 3.78. The highest BCUT2D eigenvalue weighted by atomic mass is 14.9. The van der Waals surface area contributed by atoms with Gasteiger partial charge in [-0.1, -0.05) is 38.5 Å². The summed E-state index contributed by atoms with van der Waals surface area (Å²) in [7, 11) is 0. The Kier molecular flexibility index (Phi) is 3.43. The molecule has 0 bridgehead atoms. The summed E-state index contributed by atoms with van der Waals surface area (Å²) in [6.07, 6.45) is 6.72. The van der Waals surface area contributed by atoms with Crippen molar-refractivity contribution >= 4 is 0 Å². The lowest BCUT2D eigenvalue weighted by molar-refractivity contribution is 0.381. The first-order chi connectivity index (χ1) is 8.75. The molecule has 1 aliphatic heterocycles. The molecule has 1 nitrogen and oxygen atoms in total. The summed E-state index contributed by atoms with van der Waals surface area (Å²) in [5.41, 5.74) is 4.98. The third kappa shape index (κ3) is 2.21. The Bertz CT molecular complexity index is 422. The van der Waals surface area contributed by atoms with Gasteiger partial charge in [0.25, 0.3) is 0 Å². The van der Waals surface area contributed by atoms with E-state index in [0.717, 1.165) is 11.8 Å². The van der Waals surface area contributed by atoms with Crippen molar-refractivity contribution in [2.24, 2.45) is 5.92 Å². The summed E-state index contributed by atoms with van der Waals surface area (Å²) in [4.78, 5) is 0. The van der Waals surface area contributed by atoms with Gasteiger partial charge in [0.1, 0.15) is 0 Å². The van der Waals surface area contributed by atoms with Crippen molar-refractivity contribution in [2.75, 3.05) is 6.54 Å². The van der Waals surface area contributed by atoms with Crippen LogP contribution in [0.3, 0.4) is 0 Å². The number of hydrogen-bond acceptors (Lipinski definition) is 1. The first kappa shape index (κ1) is 12.2. The zero-order chi connectivity index (χ0) is 12.5. The molecule has 0 amide bonds. The maximum absolute atomic E-state index is 3.80. The van der Waals surface area contributed by atoms with E-state index in [1.54, 1.807) is 16.7 Å². The van der Waals surface area contributed by atoms with Crippen LogP contribution >= 0.6 is 0 Å². The first-order valence-electron chi connectivity index (χ1n) is 7.60. The molecule has 0 aromatic heterocycles. The minimum Gasteiger partial charge on any atom is -0.309 e. The molecule has 0 fully saturated rings. The topological polar surface area (TPSA) is 12.0 Å². The molecule has 98 valence electrons. The van der Waals surface area contributed by atoms with Crippen molar-refractivity contribution < 1.29 is 0 Å². The van der Waals surface area contributed by atoms with E-state index in [0.29, 0.717) is 6.04 Å². The second kappa shape index (κ2) is 5.05. The maximum Gasteiger partial charge on any atom is 0.0325 e. The van der Waals surface area contributed by atoms with Gasteiger partial charge in [0.05, 0.1) is 0 Å². The van der Waals surface area contributed by atoms with Gasteiger partial charge in [-0.3, -0.25) is 0 Å². The van der Waals surface area contributed by atoms with Gasteiger partial charge in [-0.15, -0.1) is 0 Å². The Hall–Kier alpha value is -0.820. The molecule has 2 atom stereocenters. The Morgan fingerprint density at radius 2 is 2.17 bits per heavy atom. The molecule has 0 saturated carbocycles. The number of rotatable bonds is 2. The van der Waals surface area contributed by atoms with E-state index >= 15 is 0 Å². The van der Waals surface area contributed by atoms with Gasteiger partial charge in [0.2, 0.25) is 0 Å². The van der Waals surface area contributed by atoms with Crippen molar-refractivity contribution in [1.29, 1.82) is 0 Å². The van der Waals surface area contributed by atoms with Gasteiger partial charge >= 0.3 is 0 Å².